The highest BCUT2D eigenvalue weighted by Gasteiger charge is 2.30. The van der Waals surface area contributed by atoms with Crippen LogP contribution in [-0.2, 0) is 4.74 Å². The van der Waals surface area contributed by atoms with Crippen molar-refractivity contribution >= 4 is 23.5 Å². The van der Waals surface area contributed by atoms with Crippen molar-refractivity contribution in [3.8, 4) is 11.3 Å². The highest BCUT2D eigenvalue weighted by Crippen LogP contribution is 2.21. The molecule has 3 aromatic rings. The van der Waals surface area contributed by atoms with Crippen LogP contribution in [0.4, 0.5) is 16.6 Å². The van der Waals surface area contributed by atoms with Crippen LogP contribution in [0.15, 0.2) is 30.7 Å². The Bertz CT molecular complexity index is 1020. The first-order chi connectivity index (χ1) is 13.8. The molecule has 0 spiro atoms. The van der Waals surface area contributed by atoms with E-state index in [2.05, 4.69) is 25.4 Å². The molecule has 1 saturated heterocycles. The van der Waals surface area contributed by atoms with Gasteiger partial charge in [-0.3, -0.25) is 0 Å². The molecule has 3 aromatic heterocycles. The Kier molecular flexibility index (Phi) is 4.69. The van der Waals surface area contributed by atoms with Gasteiger partial charge in [-0.05, 0) is 39.3 Å². The molecule has 0 radical (unpaired) electrons. The van der Waals surface area contributed by atoms with Crippen molar-refractivity contribution in [1.82, 2.24) is 29.5 Å². The third kappa shape index (κ3) is 4.20. The quantitative estimate of drug-likeness (QED) is 0.690. The molecule has 3 N–H and O–H groups in total. The van der Waals surface area contributed by atoms with Gasteiger partial charge in [0.05, 0.1) is 11.9 Å². The van der Waals surface area contributed by atoms with Crippen LogP contribution >= 0.6 is 0 Å². The maximum Gasteiger partial charge on any atom is 0.410 e. The molecule has 0 aromatic carbocycles. The molecule has 1 fully saturated rings. The Labute approximate surface area is 168 Å². The minimum atomic E-state index is -0.501. The molecular formula is C19H24N8O2. The van der Waals surface area contributed by atoms with Crippen molar-refractivity contribution in [2.24, 2.45) is 0 Å². The minimum Gasteiger partial charge on any atom is -0.444 e. The average molecular weight is 396 g/mol. The highest BCUT2D eigenvalue weighted by atomic mass is 16.6. The van der Waals surface area contributed by atoms with E-state index in [1.54, 1.807) is 28.0 Å². The second kappa shape index (κ2) is 7.19. The molecular weight excluding hydrogens is 372 g/mol. The zero-order chi connectivity index (χ0) is 20.6. The number of nitrogens with one attached hydrogen (secondary N) is 1. The summed E-state index contributed by atoms with van der Waals surface area (Å²) >= 11 is 0. The fourth-order valence-electron chi connectivity index (χ4n) is 3.20. The number of ether oxygens (including phenoxy) is 1. The van der Waals surface area contributed by atoms with Crippen LogP contribution in [0, 0.1) is 0 Å². The lowest BCUT2D eigenvalue weighted by Gasteiger charge is -2.24. The number of aromatic nitrogens is 5. The number of nitrogens with two attached hydrogens (primary N) is 1. The van der Waals surface area contributed by atoms with Crippen molar-refractivity contribution in [1.29, 1.82) is 0 Å². The van der Waals surface area contributed by atoms with Gasteiger partial charge in [-0.15, -0.1) is 5.10 Å². The molecule has 1 unspecified atom stereocenters. The van der Waals surface area contributed by atoms with Gasteiger partial charge in [-0.2, -0.15) is 0 Å². The molecule has 0 aliphatic carbocycles. The fraction of sp³-hybridized carbons (Fsp3) is 0.421. The lowest BCUT2D eigenvalue weighted by atomic mass is 10.2. The Hall–Kier alpha value is -3.43. The number of nitrogens with zero attached hydrogens (tertiary/aromatic N) is 6. The topological polar surface area (TPSA) is 124 Å². The zero-order valence-corrected chi connectivity index (χ0v) is 16.7. The zero-order valence-electron chi connectivity index (χ0n) is 16.7. The fourth-order valence-corrected chi connectivity index (χ4v) is 3.20. The van der Waals surface area contributed by atoms with Crippen molar-refractivity contribution in [3.63, 3.8) is 0 Å². The normalized spacial score (nSPS) is 16.9. The van der Waals surface area contributed by atoms with Crippen molar-refractivity contribution in [2.45, 2.75) is 38.8 Å². The summed E-state index contributed by atoms with van der Waals surface area (Å²) in [4.78, 5) is 26.4. The molecule has 1 aliphatic rings. The molecule has 152 valence electrons. The van der Waals surface area contributed by atoms with Crippen LogP contribution in [0.3, 0.4) is 0 Å². The standard InChI is InChI=1S/C19H24N8O2/c1-19(2,3)29-18(28)26-7-6-13(11-26)24-15-4-5-16-21-10-14(27(16)25-15)12-8-22-17(20)23-9-12/h4-5,8-10,13H,6-7,11H2,1-3H3,(H,24,25)(H2,20,22,23). The summed E-state index contributed by atoms with van der Waals surface area (Å²) in [5.74, 6) is 0.915. The molecule has 0 bridgehead atoms. The molecule has 1 amide bonds. The third-order valence-electron chi connectivity index (χ3n) is 4.52. The average Bonchev–Trinajstić information content (AvgIpc) is 3.28. The molecule has 1 aliphatic heterocycles. The van der Waals surface area contributed by atoms with Gasteiger partial charge in [0.15, 0.2) is 5.65 Å². The lowest BCUT2D eigenvalue weighted by molar-refractivity contribution is 0.0293. The second-order valence-corrected chi connectivity index (χ2v) is 8.02. The number of hydrogen-bond acceptors (Lipinski definition) is 8. The molecule has 0 saturated carbocycles. The molecule has 29 heavy (non-hydrogen) atoms. The predicted octanol–water partition coefficient (Wildman–Crippen LogP) is 2.19. The summed E-state index contributed by atoms with van der Waals surface area (Å²) < 4.78 is 7.18. The summed E-state index contributed by atoms with van der Waals surface area (Å²) in [6.45, 7) is 6.81. The number of anilines is 2. The monoisotopic (exact) mass is 396 g/mol. The summed E-state index contributed by atoms with van der Waals surface area (Å²) in [5.41, 5.74) is 7.32. The van der Waals surface area contributed by atoms with Crippen LogP contribution < -0.4 is 11.1 Å². The Morgan fingerprint density at radius 1 is 1.21 bits per heavy atom. The first-order valence-electron chi connectivity index (χ1n) is 9.46. The van der Waals surface area contributed by atoms with Gasteiger partial charge < -0.3 is 20.7 Å². The number of hydrogen-bond donors (Lipinski definition) is 2. The first-order valence-corrected chi connectivity index (χ1v) is 9.46. The first kappa shape index (κ1) is 18.9. The smallest absolute Gasteiger partial charge is 0.410 e. The maximum absolute atomic E-state index is 12.3. The Morgan fingerprint density at radius 3 is 2.69 bits per heavy atom. The van der Waals surface area contributed by atoms with E-state index in [9.17, 15) is 4.79 Å². The van der Waals surface area contributed by atoms with E-state index in [0.717, 1.165) is 17.7 Å². The summed E-state index contributed by atoms with van der Waals surface area (Å²) in [6.07, 6.45) is 5.54. The van der Waals surface area contributed by atoms with E-state index in [1.807, 2.05) is 32.9 Å². The van der Waals surface area contributed by atoms with Crippen molar-refractivity contribution < 1.29 is 9.53 Å². The third-order valence-corrected chi connectivity index (χ3v) is 4.52. The van der Waals surface area contributed by atoms with Gasteiger partial charge in [0.1, 0.15) is 11.4 Å². The summed E-state index contributed by atoms with van der Waals surface area (Å²) in [7, 11) is 0. The van der Waals surface area contributed by atoms with E-state index in [0.29, 0.717) is 24.6 Å². The largest absolute Gasteiger partial charge is 0.444 e. The van der Waals surface area contributed by atoms with Crippen LogP contribution in [0.1, 0.15) is 27.2 Å². The number of carbonyl (C=O) groups excluding carboxylic acids is 1. The van der Waals surface area contributed by atoms with Crippen LogP contribution in [0.2, 0.25) is 0 Å². The number of carbonyl (C=O) groups is 1. The number of rotatable bonds is 3. The lowest BCUT2D eigenvalue weighted by Crippen LogP contribution is -2.36. The SMILES string of the molecule is CC(C)(C)OC(=O)N1CCC(Nc2ccc3ncc(-c4cnc(N)nc4)n3n2)C1. The van der Waals surface area contributed by atoms with Gasteiger partial charge in [-0.25, -0.2) is 24.3 Å². The van der Waals surface area contributed by atoms with E-state index in [-0.39, 0.29) is 18.1 Å². The number of imidazole rings is 1. The van der Waals surface area contributed by atoms with Gasteiger partial charge in [0.2, 0.25) is 5.95 Å². The second-order valence-electron chi connectivity index (χ2n) is 8.02. The van der Waals surface area contributed by atoms with Crippen molar-refractivity contribution in [3.05, 3.63) is 30.7 Å². The minimum absolute atomic E-state index is 0.0966. The molecule has 10 heteroatoms. The molecule has 10 nitrogen and oxygen atoms in total. The van der Waals surface area contributed by atoms with E-state index in [4.69, 9.17) is 10.5 Å². The predicted molar refractivity (Wildman–Crippen MR) is 108 cm³/mol. The van der Waals surface area contributed by atoms with Crippen molar-refractivity contribution in [2.75, 3.05) is 24.1 Å². The van der Waals surface area contributed by atoms with Gasteiger partial charge in [0.25, 0.3) is 0 Å². The highest BCUT2D eigenvalue weighted by molar-refractivity contribution is 5.68. The van der Waals surface area contributed by atoms with E-state index >= 15 is 0 Å². The van der Waals surface area contributed by atoms with E-state index < -0.39 is 5.60 Å². The molecule has 4 rings (SSSR count). The Morgan fingerprint density at radius 2 is 1.97 bits per heavy atom. The van der Waals surface area contributed by atoms with Crippen LogP contribution in [0.25, 0.3) is 16.9 Å². The van der Waals surface area contributed by atoms with Gasteiger partial charge >= 0.3 is 6.09 Å². The van der Waals surface area contributed by atoms with Gasteiger partial charge in [0, 0.05) is 37.1 Å². The van der Waals surface area contributed by atoms with Crippen LogP contribution in [0.5, 0.6) is 0 Å². The Balaban J connectivity index is 1.48. The maximum atomic E-state index is 12.3. The van der Waals surface area contributed by atoms with Gasteiger partial charge in [-0.1, -0.05) is 0 Å². The van der Waals surface area contributed by atoms with E-state index in [1.165, 1.54) is 0 Å². The number of fused-ring (bicyclic) bond motifs is 1. The summed E-state index contributed by atoms with van der Waals surface area (Å²) in [6, 6.07) is 3.86. The number of nitrogen functional groups attached to an aromatic ring is 1. The summed E-state index contributed by atoms with van der Waals surface area (Å²) in [5, 5.41) is 8.05. The number of likely N-dealkylation sites (tertiary alicyclic amines) is 1. The molecule has 4 heterocycles. The number of amides is 1. The molecule has 1 atom stereocenters. The van der Waals surface area contributed by atoms with Crippen LogP contribution in [-0.4, -0.2) is 60.3 Å².